The number of nitrogens with two attached hydrogens (primary N) is 1. The number of aliphatic hydroxyl groups is 1. The van der Waals surface area contributed by atoms with Gasteiger partial charge in [0.2, 0.25) is 0 Å². The summed E-state index contributed by atoms with van der Waals surface area (Å²) in [7, 11) is 0. The maximum absolute atomic E-state index is 11.1. The Morgan fingerprint density at radius 2 is 2.29 bits per heavy atom. The molecule has 1 rings (SSSR count). The van der Waals surface area contributed by atoms with E-state index in [4.69, 9.17) is 22.4 Å². The molecule has 1 amide bonds. The first-order valence-corrected chi connectivity index (χ1v) is 4.42. The average Bonchev–Trinajstić information content (AvgIpc) is 2.09. The molecule has 0 aliphatic carbocycles. The molecule has 0 radical (unpaired) electrons. The Labute approximate surface area is 86.7 Å². The third-order valence-electron chi connectivity index (χ3n) is 1.63. The van der Waals surface area contributed by atoms with E-state index in [2.05, 4.69) is 5.32 Å². The summed E-state index contributed by atoms with van der Waals surface area (Å²) in [5.41, 5.74) is 6.43. The van der Waals surface area contributed by atoms with Crippen molar-refractivity contribution < 1.29 is 9.90 Å². The number of carbonyl (C=O) groups excluding carboxylic acids is 1. The first kappa shape index (κ1) is 10.8. The molecule has 1 atom stereocenters. The summed E-state index contributed by atoms with van der Waals surface area (Å²) in [6.45, 7) is 1.38. The van der Waals surface area contributed by atoms with Crippen LogP contribution in [-0.2, 0) is 4.79 Å². The minimum Gasteiger partial charge on any atom is -0.399 e. The highest BCUT2D eigenvalue weighted by atomic mass is 35.5. The maximum atomic E-state index is 11.1. The van der Waals surface area contributed by atoms with Gasteiger partial charge in [-0.05, 0) is 25.1 Å². The lowest BCUT2D eigenvalue weighted by Crippen LogP contribution is -2.24. The van der Waals surface area contributed by atoms with Crippen LogP contribution < -0.4 is 11.1 Å². The molecular formula is C9H11ClN2O2. The van der Waals surface area contributed by atoms with Gasteiger partial charge in [0.1, 0.15) is 6.10 Å². The van der Waals surface area contributed by atoms with Crippen LogP contribution in [0.15, 0.2) is 18.2 Å². The molecular weight excluding hydrogens is 204 g/mol. The fraction of sp³-hybridized carbons (Fsp3) is 0.222. The summed E-state index contributed by atoms with van der Waals surface area (Å²) in [5.74, 6) is -0.503. The fourth-order valence-electron chi connectivity index (χ4n) is 0.870. The molecule has 4 N–H and O–H groups in total. The van der Waals surface area contributed by atoms with Crippen molar-refractivity contribution in [1.82, 2.24) is 0 Å². The number of amides is 1. The Kier molecular flexibility index (Phi) is 3.33. The standard InChI is InChI=1S/C9H11ClN2O2/c1-5(13)9(14)12-8-3-2-6(11)4-7(8)10/h2-5,13H,11H2,1H3,(H,12,14). The van der Waals surface area contributed by atoms with Crippen LogP contribution in [-0.4, -0.2) is 17.1 Å². The van der Waals surface area contributed by atoms with Gasteiger partial charge in [-0.2, -0.15) is 0 Å². The van der Waals surface area contributed by atoms with Gasteiger partial charge >= 0.3 is 0 Å². The van der Waals surface area contributed by atoms with E-state index in [-0.39, 0.29) is 0 Å². The molecule has 4 nitrogen and oxygen atoms in total. The van der Waals surface area contributed by atoms with Gasteiger partial charge in [-0.3, -0.25) is 4.79 Å². The van der Waals surface area contributed by atoms with E-state index in [1.165, 1.54) is 13.0 Å². The van der Waals surface area contributed by atoms with Crippen LogP contribution in [0.1, 0.15) is 6.92 Å². The van der Waals surface area contributed by atoms with Crippen molar-refractivity contribution in [1.29, 1.82) is 0 Å². The predicted octanol–water partition coefficient (Wildman–Crippen LogP) is 1.24. The first-order valence-electron chi connectivity index (χ1n) is 4.04. The number of nitrogen functional groups attached to an aromatic ring is 1. The van der Waals surface area contributed by atoms with Crippen LogP contribution in [0.25, 0.3) is 0 Å². The van der Waals surface area contributed by atoms with E-state index >= 15 is 0 Å². The van der Waals surface area contributed by atoms with E-state index < -0.39 is 12.0 Å². The molecule has 0 heterocycles. The second kappa shape index (κ2) is 4.30. The molecule has 0 bridgehead atoms. The van der Waals surface area contributed by atoms with Crippen LogP contribution in [0.5, 0.6) is 0 Å². The zero-order valence-corrected chi connectivity index (χ0v) is 8.38. The monoisotopic (exact) mass is 214 g/mol. The number of rotatable bonds is 2. The SMILES string of the molecule is CC(O)C(=O)Nc1ccc(N)cc1Cl. The summed E-state index contributed by atoms with van der Waals surface area (Å²) in [4.78, 5) is 11.1. The number of hydrogen-bond donors (Lipinski definition) is 3. The summed E-state index contributed by atoms with van der Waals surface area (Å²) >= 11 is 5.80. The quantitative estimate of drug-likeness (QED) is 0.649. The number of halogens is 1. The lowest BCUT2D eigenvalue weighted by atomic mass is 10.2. The first-order chi connectivity index (χ1) is 6.50. The normalized spacial score (nSPS) is 12.2. The van der Waals surface area contributed by atoms with Gasteiger partial charge in [-0.15, -0.1) is 0 Å². The molecule has 0 aliphatic rings. The third kappa shape index (κ3) is 2.61. The Hall–Kier alpha value is -1.26. The third-order valence-corrected chi connectivity index (χ3v) is 1.94. The van der Waals surface area contributed by atoms with Crippen LogP contribution >= 0.6 is 11.6 Å². The summed E-state index contributed by atoms with van der Waals surface area (Å²) in [6.07, 6.45) is -1.07. The van der Waals surface area contributed by atoms with Crippen LogP contribution in [0.3, 0.4) is 0 Å². The molecule has 1 aromatic carbocycles. The highest BCUT2D eigenvalue weighted by Crippen LogP contribution is 2.23. The van der Waals surface area contributed by atoms with Gasteiger partial charge in [-0.1, -0.05) is 11.6 Å². The lowest BCUT2D eigenvalue weighted by Gasteiger charge is -2.08. The molecule has 0 saturated heterocycles. The largest absolute Gasteiger partial charge is 0.399 e. The van der Waals surface area contributed by atoms with E-state index in [1.54, 1.807) is 12.1 Å². The molecule has 0 aromatic heterocycles. The van der Waals surface area contributed by atoms with E-state index in [0.29, 0.717) is 16.4 Å². The van der Waals surface area contributed by atoms with Crippen molar-refractivity contribution in [2.24, 2.45) is 0 Å². The smallest absolute Gasteiger partial charge is 0.252 e. The number of carbonyl (C=O) groups is 1. The summed E-state index contributed by atoms with van der Waals surface area (Å²) in [5, 5.41) is 11.8. The number of nitrogens with one attached hydrogen (secondary N) is 1. The highest BCUT2D eigenvalue weighted by Gasteiger charge is 2.10. The molecule has 1 unspecified atom stereocenters. The Morgan fingerprint density at radius 1 is 1.64 bits per heavy atom. The molecule has 0 fully saturated rings. The molecule has 0 spiro atoms. The zero-order chi connectivity index (χ0) is 10.7. The summed E-state index contributed by atoms with van der Waals surface area (Å²) < 4.78 is 0. The van der Waals surface area contributed by atoms with Gasteiger partial charge in [0.05, 0.1) is 10.7 Å². The number of aliphatic hydroxyl groups excluding tert-OH is 1. The Morgan fingerprint density at radius 3 is 2.79 bits per heavy atom. The Balaban J connectivity index is 2.82. The molecule has 76 valence electrons. The fourth-order valence-corrected chi connectivity index (χ4v) is 1.11. The van der Waals surface area contributed by atoms with Crippen molar-refractivity contribution in [2.45, 2.75) is 13.0 Å². The second-order valence-corrected chi connectivity index (χ2v) is 3.31. The molecule has 1 aromatic rings. The van der Waals surface area contributed by atoms with Gasteiger partial charge < -0.3 is 16.2 Å². The predicted molar refractivity (Wildman–Crippen MR) is 56.2 cm³/mol. The maximum Gasteiger partial charge on any atom is 0.252 e. The zero-order valence-electron chi connectivity index (χ0n) is 7.62. The Bertz CT molecular complexity index is 353. The van der Waals surface area contributed by atoms with Crippen LogP contribution in [0, 0.1) is 0 Å². The topological polar surface area (TPSA) is 75.3 Å². The van der Waals surface area contributed by atoms with Crippen molar-refractivity contribution in [3.05, 3.63) is 23.2 Å². The van der Waals surface area contributed by atoms with E-state index in [9.17, 15) is 4.79 Å². The number of benzene rings is 1. The van der Waals surface area contributed by atoms with Crippen LogP contribution in [0.2, 0.25) is 5.02 Å². The number of hydrogen-bond acceptors (Lipinski definition) is 3. The lowest BCUT2D eigenvalue weighted by molar-refractivity contribution is -0.123. The molecule has 5 heteroatoms. The van der Waals surface area contributed by atoms with Crippen molar-refractivity contribution in [2.75, 3.05) is 11.1 Å². The average molecular weight is 215 g/mol. The van der Waals surface area contributed by atoms with Gasteiger partial charge in [0.25, 0.3) is 5.91 Å². The minimum absolute atomic E-state index is 0.346. The van der Waals surface area contributed by atoms with Crippen LogP contribution in [0.4, 0.5) is 11.4 Å². The van der Waals surface area contributed by atoms with Crippen molar-refractivity contribution in [3.63, 3.8) is 0 Å². The highest BCUT2D eigenvalue weighted by molar-refractivity contribution is 6.34. The van der Waals surface area contributed by atoms with Gasteiger partial charge in [0, 0.05) is 5.69 Å². The van der Waals surface area contributed by atoms with Gasteiger partial charge in [0.15, 0.2) is 0 Å². The van der Waals surface area contributed by atoms with E-state index in [0.717, 1.165) is 0 Å². The molecule has 14 heavy (non-hydrogen) atoms. The molecule has 0 saturated carbocycles. The van der Waals surface area contributed by atoms with E-state index in [1.807, 2.05) is 0 Å². The second-order valence-electron chi connectivity index (χ2n) is 2.90. The minimum atomic E-state index is -1.07. The van der Waals surface area contributed by atoms with Crippen molar-refractivity contribution >= 4 is 28.9 Å². The molecule has 0 aliphatic heterocycles. The van der Waals surface area contributed by atoms with Crippen molar-refractivity contribution in [3.8, 4) is 0 Å². The summed E-state index contributed by atoms with van der Waals surface area (Å²) in [6, 6.07) is 4.72. The van der Waals surface area contributed by atoms with Gasteiger partial charge in [-0.25, -0.2) is 0 Å². The number of anilines is 2.